The lowest BCUT2D eigenvalue weighted by molar-refractivity contribution is -0.137. The fourth-order valence-electron chi connectivity index (χ4n) is 4.81. The number of imidazole rings is 1. The Balaban J connectivity index is 1.55. The summed E-state index contributed by atoms with van der Waals surface area (Å²) in [5.41, 5.74) is 7.14. The minimum absolute atomic E-state index is 0.0808. The van der Waals surface area contributed by atoms with Crippen molar-refractivity contribution >= 4 is 34.7 Å². The molecule has 3 aromatic heterocycles. The van der Waals surface area contributed by atoms with Crippen LogP contribution in [0.3, 0.4) is 0 Å². The van der Waals surface area contributed by atoms with Gasteiger partial charge in [-0.15, -0.1) is 0 Å². The van der Waals surface area contributed by atoms with Crippen molar-refractivity contribution in [2.75, 3.05) is 24.2 Å². The zero-order chi connectivity index (χ0) is 28.6. The molecule has 9 nitrogen and oxygen atoms in total. The van der Waals surface area contributed by atoms with Gasteiger partial charge in [0.2, 0.25) is 0 Å². The Morgan fingerprint density at radius 1 is 1.25 bits per heavy atom. The number of pyridine rings is 1. The number of nitrogen functional groups attached to an aromatic ring is 1. The Morgan fingerprint density at radius 3 is 2.75 bits per heavy atom. The summed E-state index contributed by atoms with van der Waals surface area (Å²) in [7, 11) is 0. The number of benzene rings is 1. The average molecular weight is 574 g/mol. The number of anilines is 2. The van der Waals surface area contributed by atoms with Crippen LogP contribution in [0.5, 0.6) is 5.75 Å². The second kappa shape index (κ2) is 10.9. The highest BCUT2D eigenvalue weighted by Crippen LogP contribution is 2.39. The van der Waals surface area contributed by atoms with Crippen molar-refractivity contribution in [3.63, 3.8) is 0 Å². The van der Waals surface area contributed by atoms with E-state index in [1.165, 1.54) is 18.3 Å². The third kappa shape index (κ3) is 5.41. The quantitative estimate of drug-likeness (QED) is 0.276. The third-order valence-corrected chi connectivity index (χ3v) is 7.09. The molecule has 1 amide bonds. The first-order valence-corrected chi connectivity index (χ1v) is 13.1. The molecule has 1 aliphatic rings. The van der Waals surface area contributed by atoms with Crippen LogP contribution in [0, 0.1) is 0 Å². The van der Waals surface area contributed by atoms with Gasteiger partial charge >= 0.3 is 6.18 Å². The first-order chi connectivity index (χ1) is 19.1. The van der Waals surface area contributed by atoms with Gasteiger partial charge in [0.05, 0.1) is 18.4 Å². The van der Waals surface area contributed by atoms with Gasteiger partial charge < -0.3 is 21.1 Å². The highest BCUT2D eigenvalue weighted by atomic mass is 35.5. The number of carbonyl (C=O) groups is 1. The largest absolute Gasteiger partial charge is 0.493 e. The molecule has 4 N–H and O–H groups in total. The van der Waals surface area contributed by atoms with E-state index in [1.54, 1.807) is 17.4 Å². The molecule has 1 aliphatic heterocycles. The van der Waals surface area contributed by atoms with Gasteiger partial charge in [0, 0.05) is 35.8 Å². The lowest BCUT2D eigenvalue weighted by Gasteiger charge is -2.27. The predicted molar refractivity (Wildman–Crippen MR) is 146 cm³/mol. The molecule has 5 rings (SSSR count). The second-order valence-corrected chi connectivity index (χ2v) is 9.97. The summed E-state index contributed by atoms with van der Waals surface area (Å²) in [6.07, 6.45) is -0.213. The molecule has 0 unspecified atom stereocenters. The number of nitrogens with zero attached hydrogens (tertiary/aromatic N) is 4. The number of hydrogen-bond acceptors (Lipinski definition) is 7. The van der Waals surface area contributed by atoms with Crippen molar-refractivity contribution in [1.82, 2.24) is 24.7 Å². The van der Waals surface area contributed by atoms with Gasteiger partial charge in [-0.05, 0) is 57.0 Å². The molecular weight excluding hydrogens is 547 g/mol. The Hall–Kier alpha value is -3.90. The molecule has 1 aromatic carbocycles. The van der Waals surface area contributed by atoms with Crippen LogP contribution in [0.2, 0.25) is 5.15 Å². The standard InChI is InChI=1S/C27H27ClF3N7O2/c1-3-40-19-10-15(26(39)36-21-11-17(8-9-33-21)27(29,30)31)6-7-18(19)22-23-24(32)35-13-20(28)38(23)25(37-22)16-5-4-14(2)34-12-16/h6-11,13-14,16,34H,3-5,12H2,1-2H3,(H2,32,35)(H,33,36,39)/t14-,16+/m0/s1. The van der Waals surface area contributed by atoms with E-state index in [9.17, 15) is 18.0 Å². The number of piperidine rings is 1. The maximum atomic E-state index is 13.1. The van der Waals surface area contributed by atoms with Crippen LogP contribution in [-0.2, 0) is 6.18 Å². The number of fused-ring (bicyclic) bond motifs is 1. The fourth-order valence-corrected chi connectivity index (χ4v) is 5.03. The summed E-state index contributed by atoms with van der Waals surface area (Å²) in [5, 5.41) is 6.26. The van der Waals surface area contributed by atoms with Crippen LogP contribution in [0.4, 0.5) is 24.8 Å². The molecule has 0 radical (unpaired) electrons. The first-order valence-electron chi connectivity index (χ1n) is 12.7. The van der Waals surface area contributed by atoms with Crippen molar-refractivity contribution in [3.05, 3.63) is 64.8 Å². The van der Waals surface area contributed by atoms with E-state index in [1.807, 2.05) is 0 Å². The first kappa shape index (κ1) is 27.7. The van der Waals surface area contributed by atoms with Gasteiger partial charge in [0.15, 0.2) is 0 Å². The Kier molecular flexibility index (Phi) is 7.56. The van der Waals surface area contributed by atoms with Gasteiger partial charge in [-0.2, -0.15) is 13.2 Å². The number of rotatable bonds is 6. The van der Waals surface area contributed by atoms with Gasteiger partial charge in [-0.3, -0.25) is 9.20 Å². The number of nitrogens with one attached hydrogen (secondary N) is 2. The van der Waals surface area contributed by atoms with Gasteiger partial charge in [-0.1, -0.05) is 11.6 Å². The number of amides is 1. The summed E-state index contributed by atoms with van der Waals surface area (Å²) in [6, 6.07) is 6.70. The number of ether oxygens (including phenoxy) is 1. The smallest absolute Gasteiger partial charge is 0.416 e. The number of alkyl halides is 3. The van der Waals surface area contributed by atoms with Crippen LogP contribution in [-0.4, -0.2) is 44.5 Å². The number of halogens is 4. The molecule has 210 valence electrons. The lowest BCUT2D eigenvalue weighted by atomic mass is 9.95. The summed E-state index contributed by atoms with van der Waals surface area (Å²) in [4.78, 5) is 26.0. The highest BCUT2D eigenvalue weighted by molar-refractivity contribution is 6.30. The highest BCUT2D eigenvalue weighted by Gasteiger charge is 2.31. The van der Waals surface area contributed by atoms with Gasteiger partial charge in [0.25, 0.3) is 5.91 Å². The van der Waals surface area contributed by atoms with Crippen molar-refractivity contribution < 1.29 is 22.7 Å². The molecule has 0 aliphatic carbocycles. The number of carbonyl (C=O) groups excluding carboxylic acids is 1. The number of nitrogens with two attached hydrogens (primary N) is 1. The van der Waals surface area contributed by atoms with Crippen LogP contribution in [0.15, 0.2) is 42.7 Å². The predicted octanol–water partition coefficient (Wildman–Crippen LogP) is 5.55. The summed E-state index contributed by atoms with van der Waals surface area (Å²) in [6.45, 7) is 4.93. The molecule has 0 bridgehead atoms. The van der Waals surface area contributed by atoms with Gasteiger partial charge in [-0.25, -0.2) is 15.0 Å². The SMILES string of the molecule is CCOc1cc(C(=O)Nc2cc(C(F)(F)F)ccn2)ccc1-c1nc([C@@H]2CC[C@H](C)NC2)n2c(Cl)cnc(N)c12. The zero-order valence-corrected chi connectivity index (χ0v) is 22.5. The molecule has 1 saturated heterocycles. The summed E-state index contributed by atoms with van der Waals surface area (Å²) in [5.74, 6) is 0.515. The van der Waals surface area contributed by atoms with E-state index >= 15 is 0 Å². The van der Waals surface area contributed by atoms with E-state index in [4.69, 9.17) is 27.1 Å². The summed E-state index contributed by atoms with van der Waals surface area (Å²) < 4.78 is 46.9. The van der Waals surface area contributed by atoms with Crippen LogP contribution in [0.1, 0.15) is 54.4 Å². The average Bonchev–Trinajstić information content (AvgIpc) is 3.33. The monoisotopic (exact) mass is 573 g/mol. The van der Waals surface area contributed by atoms with E-state index in [0.29, 0.717) is 33.7 Å². The molecule has 13 heteroatoms. The number of aromatic nitrogens is 4. The van der Waals surface area contributed by atoms with Crippen molar-refractivity contribution in [3.8, 4) is 17.0 Å². The Morgan fingerprint density at radius 2 is 2.05 bits per heavy atom. The summed E-state index contributed by atoms with van der Waals surface area (Å²) >= 11 is 6.59. The molecule has 40 heavy (non-hydrogen) atoms. The van der Waals surface area contributed by atoms with Crippen LogP contribution in [0.25, 0.3) is 16.8 Å². The Labute approximate surface area is 232 Å². The topological polar surface area (TPSA) is 119 Å². The van der Waals surface area contributed by atoms with Crippen molar-refractivity contribution in [2.24, 2.45) is 0 Å². The van der Waals surface area contributed by atoms with E-state index < -0.39 is 17.6 Å². The molecule has 0 saturated carbocycles. The number of hydrogen-bond donors (Lipinski definition) is 3. The van der Waals surface area contributed by atoms with Crippen molar-refractivity contribution in [1.29, 1.82) is 0 Å². The minimum atomic E-state index is -4.57. The normalized spacial score (nSPS) is 17.6. The molecule has 4 aromatic rings. The maximum absolute atomic E-state index is 13.1. The molecule has 4 heterocycles. The van der Waals surface area contributed by atoms with E-state index in [0.717, 1.165) is 43.5 Å². The fraction of sp³-hybridized carbons (Fsp3) is 0.333. The van der Waals surface area contributed by atoms with Crippen molar-refractivity contribution in [2.45, 2.75) is 44.8 Å². The van der Waals surface area contributed by atoms with Crippen LogP contribution >= 0.6 is 11.6 Å². The minimum Gasteiger partial charge on any atom is -0.493 e. The second-order valence-electron chi connectivity index (χ2n) is 9.58. The molecule has 0 spiro atoms. The lowest BCUT2D eigenvalue weighted by Crippen LogP contribution is -2.36. The Bertz CT molecular complexity index is 1570. The third-order valence-electron chi connectivity index (χ3n) is 6.82. The molecular formula is C27H27ClF3N7O2. The van der Waals surface area contributed by atoms with Gasteiger partial charge in [0.1, 0.15) is 39.6 Å². The van der Waals surface area contributed by atoms with E-state index in [-0.39, 0.29) is 29.7 Å². The molecule has 1 fully saturated rings. The molecule has 2 atom stereocenters. The maximum Gasteiger partial charge on any atom is 0.416 e. The van der Waals surface area contributed by atoms with Crippen LogP contribution < -0.4 is 21.1 Å². The van der Waals surface area contributed by atoms with E-state index in [2.05, 4.69) is 27.5 Å². The zero-order valence-electron chi connectivity index (χ0n) is 21.7.